The molecule has 34 heavy (non-hydrogen) atoms. The van der Waals surface area contributed by atoms with Crippen LogP contribution in [0.1, 0.15) is 71.8 Å². The van der Waals surface area contributed by atoms with Gasteiger partial charge >= 0.3 is 0 Å². The molecule has 0 radical (unpaired) electrons. The third-order valence-electron chi connectivity index (χ3n) is 8.17. The summed E-state index contributed by atoms with van der Waals surface area (Å²) in [5.74, 6) is 1.87. The molecular formula is C28H46N4OS. The van der Waals surface area contributed by atoms with Crippen LogP contribution in [0, 0.1) is 5.92 Å². The van der Waals surface area contributed by atoms with Gasteiger partial charge in [-0.1, -0.05) is 44.2 Å². The highest BCUT2D eigenvalue weighted by molar-refractivity contribution is 8.15. The van der Waals surface area contributed by atoms with Crippen LogP contribution in [-0.4, -0.2) is 71.1 Å². The van der Waals surface area contributed by atoms with Gasteiger partial charge in [0.05, 0.1) is 13.2 Å². The Hall–Kier alpha value is -1.24. The molecule has 0 bridgehead atoms. The Morgan fingerprint density at radius 2 is 1.74 bits per heavy atom. The molecule has 0 unspecified atom stereocenters. The van der Waals surface area contributed by atoms with Crippen molar-refractivity contribution in [1.29, 1.82) is 0 Å². The van der Waals surface area contributed by atoms with E-state index in [-0.39, 0.29) is 5.54 Å². The van der Waals surface area contributed by atoms with E-state index < -0.39 is 0 Å². The molecule has 1 N–H and O–H groups in total. The van der Waals surface area contributed by atoms with E-state index in [0.717, 1.165) is 70.5 Å². The first-order valence-corrected chi connectivity index (χ1v) is 14.4. The van der Waals surface area contributed by atoms with Crippen molar-refractivity contribution < 1.29 is 4.74 Å². The number of nitrogens with one attached hydrogen (secondary N) is 1. The Morgan fingerprint density at radius 1 is 1.06 bits per heavy atom. The number of benzene rings is 1. The van der Waals surface area contributed by atoms with Crippen LogP contribution in [0.4, 0.5) is 0 Å². The minimum absolute atomic E-state index is 0.141. The lowest BCUT2D eigenvalue weighted by molar-refractivity contribution is 0.130. The van der Waals surface area contributed by atoms with Gasteiger partial charge in [0.1, 0.15) is 5.75 Å². The van der Waals surface area contributed by atoms with Crippen molar-refractivity contribution >= 4 is 16.9 Å². The fourth-order valence-electron chi connectivity index (χ4n) is 5.49. The number of hydrogen-bond acceptors (Lipinski definition) is 5. The molecule has 2 saturated heterocycles. The maximum atomic E-state index is 5.79. The van der Waals surface area contributed by atoms with Gasteiger partial charge < -0.3 is 10.1 Å². The van der Waals surface area contributed by atoms with Gasteiger partial charge in [0.2, 0.25) is 0 Å². The van der Waals surface area contributed by atoms with E-state index in [4.69, 9.17) is 9.73 Å². The van der Waals surface area contributed by atoms with Gasteiger partial charge in [-0.05, 0) is 69.6 Å². The fourth-order valence-corrected chi connectivity index (χ4v) is 7.07. The van der Waals surface area contributed by atoms with E-state index in [9.17, 15) is 0 Å². The standard InChI is InChI=1S/C28H46N4OS/c1-5-6-21-33-25-9-7-24(8-10-25)22-32-19-17-31(18-20-32)16-15-29-26-30-27(3,4)28(34-26)13-11-23(2)12-14-28/h7-10,23H,5-6,11-22H2,1-4H3,(H,29,30). The average molecular weight is 487 g/mol. The van der Waals surface area contributed by atoms with Crippen molar-refractivity contribution in [3.05, 3.63) is 29.8 Å². The molecule has 0 amide bonds. The first kappa shape index (κ1) is 25.8. The number of hydrogen-bond donors (Lipinski definition) is 1. The van der Waals surface area contributed by atoms with Crippen molar-refractivity contribution in [2.75, 3.05) is 45.9 Å². The predicted octanol–water partition coefficient (Wildman–Crippen LogP) is 5.40. The van der Waals surface area contributed by atoms with Gasteiger partial charge in [-0.25, -0.2) is 0 Å². The number of thioether (sulfide) groups is 1. The maximum Gasteiger partial charge on any atom is 0.157 e. The molecule has 0 aromatic heterocycles. The average Bonchev–Trinajstić information content (AvgIpc) is 3.07. The molecule has 3 aliphatic rings. The minimum Gasteiger partial charge on any atom is -0.494 e. The van der Waals surface area contributed by atoms with Crippen molar-refractivity contribution in [3.8, 4) is 5.75 Å². The third kappa shape index (κ3) is 6.50. The molecule has 1 spiro atoms. The Kier molecular flexibility index (Phi) is 8.86. The number of ether oxygens (including phenoxy) is 1. The summed E-state index contributed by atoms with van der Waals surface area (Å²) >= 11 is 2.04. The molecule has 2 heterocycles. The molecule has 5 nitrogen and oxygen atoms in total. The largest absolute Gasteiger partial charge is 0.494 e. The van der Waals surface area contributed by atoms with Gasteiger partial charge in [0, 0.05) is 49.6 Å². The normalized spacial score (nSPS) is 28.9. The SMILES string of the molecule is CCCCOc1ccc(CN2CCN(CCN=C3NC(C)(C)C4(CCC(C)CC4)S3)CC2)cc1. The van der Waals surface area contributed by atoms with Crippen molar-refractivity contribution in [2.24, 2.45) is 10.9 Å². The number of amidine groups is 1. The number of nitrogens with zero attached hydrogens (tertiary/aromatic N) is 3. The van der Waals surface area contributed by atoms with Crippen molar-refractivity contribution in [3.63, 3.8) is 0 Å². The first-order chi connectivity index (χ1) is 16.4. The Labute approximate surface area is 212 Å². The summed E-state index contributed by atoms with van der Waals surface area (Å²) in [6, 6.07) is 8.68. The van der Waals surface area contributed by atoms with Crippen LogP contribution in [0.2, 0.25) is 0 Å². The van der Waals surface area contributed by atoms with Crippen LogP contribution in [-0.2, 0) is 6.54 Å². The second-order valence-electron chi connectivity index (χ2n) is 11.2. The summed E-state index contributed by atoms with van der Waals surface area (Å²) in [5.41, 5.74) is 1.52. The maximum absolute atomic E-state index is 5.79. The zero-order valence-corrected chi connectivity index (χ0v) is 22.8. The Bertz CT molecular complexity index is 793. The van der Waals surface area contributed by atoms with E-state index in [1.807, 2.05) is 11.8 Å². The molecule has 2 aliphatic heterocycles. The Balaban J connectivity index is 1.17. The zero-order valence-electron chi connectivity index (χ0n) is 21.9. The van der Waals surface area contributed by atoms with Crippen LogP contribution >= 0.6 is 11.8 Å². The summed E-state index contributed by atoms with van der Waals surface area (Å²) < 4.78 is 6.13. The lowest BCUT2D eigenvalue weighted by Crippen LogP contribution is -2.52. The summed E-state index contributed by atoms with van der Waals surface area (Å²) in [4.78, 5) is 10.2. The minimum atomic E-state index is 0.141. The quantitative estimate of drug-likeness (QED) is 0.473. The Morgan fingerprint density at radius 3 is 2.41 bits per heavy atom. The molecule has 1 aliphatic carbocycles. The molecule has 6 heteroatoms. The summed E-state index contributed by atoms with van der Waals surface area (Å²) in [6.45, 7) is 17.7. The number of unbranched alkanes of at least 4 members (excludes halogenated alkanes) is 1. The lowest BCUT2D eigenvalue weighted by atomic mass is 9.73. The van der Waals surface area contributed by atoms with Crippen LogP contribution in [0.25, 0.3) is 0 Å². The predicted molar refractivity (Wildman–Crippen MR) is 146 cm³/mol. The highest BCUT2D eigenvalue weighted by atomic mass is 32.2. The fraction of sp³-hybridized carbons (Fsp3) is 0.750. The van der Waals surface area contributed by atoms with Gasteiger partial charge in [-0.2, -0.15) is 0 Å². The third-order valence-corrected chi connectivity index (χ3v) is 9.90. The molecule has 4 rings (SSSR count). The molecule has 1 aromatic carbocycles. The first-order valence-electron chi connectivity index (χ1n) is 13.6. The topological polar surface area (TPSA) is 40.1 Å². The summed E-state index contributed by atoms with van der Waals surface area (Å²) in [7, 11) is 0. The zero-order chi connectivity index (χ0) is 24.0. The number of aliphatic imine (C=N–C) groups is 1. The summed E-state index contributed by atoms with van der Waals surface area (Å²) in [5, 5.41) is 4.95. The van der Waals surface area contributed by atoms with E-state index in [0.29, 0.717) is 4.75 Å². The van der Waals surface area contributed by atoms with Crippen molar-refractivity contribution in [1.82, 2.24) is 15.1 Å². The van der Waals surface area contributed by atoms with Crippen LogP contribution < -0.4 is 10.1 Å². The molecule has 1 aromatic rings. The second-order valence-corrected chi connectivity index (χ2v) is 12.6. The van der Waals surface area contributed by atoms with E-state index in [2.05, 4.69) is 67.1 Å². The monoisotopic (exact) mass is 486 g/mol. The highest BCUT2D eigenvalue weighted by Gasteiger charge is 2.53. The van der Waals surface area contributed by atoms with Gasteiger partial charge in [-0.3, -0.25) is 14.8 Å². The molecule has 0 atom stereocenters. The molecular weight excluding hydrogens is 440 g/mol. The molecule has 1 saturated carbocycles. The summed E-state index contributed by atoms with van der Waals surface area (Å²) in [6.07, 6.45) is 7.62. The van der Waals surface area contributed by atoms with Crippen LogP contribution in [0.3, 0.4) is 0 Å². The second kappa shape index (κ2) is 11.7. The van der Waals surface area contributed by atoms with Gasteiger partial charge in [0.15, 0.2) is 5.17 Å². The lowest BCUT2D eigenvalue weighted by Gasteiger charge is -2.43. The van der Waals surface area contributed by atoms with Crippen LogP contribution in [0.15, 0.2) is 29.3 Å². The van der Waals surface area contributed by atoms with Gasteiger partial charge in [0.25, 0.3) is 0 Å². The highest BCUT2D eigenvalue weighted by Crippen LogP contribution is 2.52. The smallest absolute Gasteiger partial charge is 0.157 e. The molecule has 3 fully saturated rings. The van der Waals surface area contributed by atoms with E-state index in [1.165, 1.54) is 42.8 Å². The van der Waals surface area contributed by atoms with Crippen molar-refractivity contribution in [2.45, 2.75) is 83.1 Å². The van der Waals surface area contributed by atoms with Gasteiger partial charge in [-0.15, -0.1) is 0 Å². The number of piperazine rings is 1. The van der Waals surface area contributed by atoms with Crippen LogP contribution in [0.5, 0.6) is 5.75 Å². The van der Waals surface area contributed by atoms with E-state index >= 15 is 0 Å². The number of rotatable bonds is 9. The molecule has 190 valence electrons. The van der Waals surface area contributed by atoms with E-state index in [1.54, 1.807) is 0 Å².